The van der Waals surface area contributed by atoms with Gasteiger partial charge in [0.25, 0.3) is 5.88 Å². The minimum atomic E-state index is -0.406. The van der Waals surface area contributed by atoms with Gasteiger partial charge in [-0.05, 0) is 24.1 Å². The first-order valence-corrected chi connectivity index (χ1v) is 7.24. The molecule has 0 bridgehead atoms. The Bertz CT molecular complexity index is 599. The summed E-state index contributed by atoms with van der Waals surface area (Å²) in [5.41, 5.74) is 1.59. The van der Waals surface area contributed by atoms with Crippen molar-refractivity contribution in [2.75, 3.05) is 0 Å². The second-order valence-electron chi connectivity index (χ2n) is 5.19. The van der Waals surface area contributed by atoms with Crippen molar-refractivity contribution in [2.24, 2.45) is 0 Å². The predicted octanol–water partition coefficient (Wildman–Crippen LogP) is 4.07. The lowest BCUT2D eigenvalue weighted by Crippen LogP contribution is -2.22. The maximum Gasteiger partial charge on any atom is 0.256 e. The Labute approximate surface area is 125 Å². The van der Waals surface area contributed by atoms with Crippen molar-refractivity contribution >= 4 is 0 Å². The van der Waals surface area contributed by atoms with Crippen LogP contribution < -0.4 is 10.1 Å². The topological polar surface area (TPSA) is 34.1 Å². The number of hydrogen-bond acceptors (Lipinski definition) is 3. The number of rotatable bonds is 6. The molecule has 2 aromatic rings. The summed E-state index contributed by atoms with van der Waals surface area (Å²) in [4.78, 5) is 4.01. The standard InChI is InChI=1S/C17H21FN2O/c1-4-13-7-5-6-8-15(13)21-17-16(18)14(9-10-19-17)11-20-12(2)3/h5-10,12,20H,4,11H2,1-3H3. The molecule has 1 heterocycles. The number of benzene rings is 1. The molecular weight excluding hydrogens is 267 g/mol. The van der Waals surface area contributed by atoms with Crippen LogP contribution in [0.1, 0.15) is 31.9 Å². The Kier molecular flexibility index (Phi) is 5.28. The van der Waals surface area contributed by atoms with Crippen molar-refractivity contribution in [1.82, 2.24) is 10.3 Å². The zero-order valence-corrected chi connectivity index (χ0v) is 12.7. The van der Waals surface area contributed by atoms with E-state index < -0.39 is 5.82 Å². The van der Waals surface area contributed by atoms with Gasteiger partial charge in [0.1, 0.15) is 5.75 Å². The van der Waals surface area contributed by atoms with Crippen LogP contribution in [0.3, 0.4) is 0 Å². The SMILES string of the molecule is CCc1ccccc1Oc1nccc(CNC(C)C)c1F. The highest BCUT2D eigenvalue weighted by Gasteiger charge is 2.13. The van der Waals surface area contributed by atoms with Gasteiger partial charge in [0.15, 0.2) is 5.82 Å². The maximum absolute atomic E-state index is 14.4. The average Bonchev–Trinajstić information content (AvgIpc) is 2.48. The molecule has 0 unspecified atom stereocenters. The van der Waals surface area contributed by atoms with Crippen LogP contribution in [0.15, 0.2) is 36.5 Å². The van der Waals surface area contributed by atoms with Crippen molar-refractivity contribution < 1.29 is 9.13 Å². The molecule has 1 aromatic carbocycles. The van der Waals surface area contributed by atoms with E-state index in [2.05, 4.69) is 10.3 Å². The summed E-state index contributed by atoms with van der Waals surface area (Å²) in [7, 11) is 0. The molecule has 1 N–H and O–H groups in total. The number of ether oxygens (including phenoxy) is 1. The Morgan fingerprint density at radius 1 is 1.19 bits per heavy atom. The van der Waals surface area contributed by atoms with E-state index in [0.29, 0.717) is 23.9 Å². The van der Waals surface area contributed by atoms with Gasteiger partial charge in [0.05, 0.1) is 0 Å². The summed E-state index contributed by atoms with van der Waals surface area (Å²) in [5, 5.41) is 3.19. The predicted molar refractivity (Wildman–Crippen MR) is 82.1 cm³/mol. The van der Waals surface area contributed by atoms with E-state index in [0.717, 1.165) is 12.0 Å². The molecule has 21 heavy (non-hydrogen) atoms. The molecule has 0 aliphatic carbocycles. The lowest BCUT2D eigenvalue weighted by atomic mass is 10.1. The Hall–Kier alpha value is -1.94. The molecule has 0 saturated heterocycles. The minimum absolute atomic E-state index is 0.0268. The molecule has 112 valence electrons. The third-order valence-corrected chi connectivity index (χ3v) is 3.20. The van der Waals surface area contributed by atoms with Crippen LogP contribution in [-0.2, 0) is 13.0 Å². The van der Waals surface area contributed by atoms with Gasteiger partial charge < -0.3 is 10.1 Å². The number of nitrogens with one attached hydrogen (secondary N) is 1. The number of para-hydroxylation sites is 1. The number of pyridine rings is 1. The van der Waals surface area contributed by atoms with Crippen LogP contribution in [0.2, 0.25) is 0 Å². The number of aryl methyl sites for hydroxylation is 1. The van der Waals surface area contributed by atoms with Crippen LogP contribution in [0.25, 0.3) is 0 Å². The van der Waals surface area contributed by atoms with Gasteiger partial charge in [0, 0.05) is 24.3 Å². The molecule has 0 amide bonds. The van der Waals surface area contributed by atoms with Crippen LogP contribution in [0, 0.1) is 5.82 Å². The van der Waals surface area contributed by atoms with E-state index in [1.54, 1.807) is 12.3 Å². The van der Waals surface area contributed by atoms with Crippen molar-refractivity contribution in [3.63, 3.8) is 0 Å². The Morgan fingerprint density at radius 2 is 1.95 bits per heavy atom. The van der Waals surface area contributed by atoms with Gasteiger partial charge >= 0.3 is 0 Å². The van der Waals surface area contributed by atoms with Gasteiger partial charge in [-0.3, -0.25) is 0 Å². The van der Waals surface area contributed by atoms with E-state index in [9.17, 15) is 4.39 Å². The summed E-state index contributed by atoms with van der Waals surface area (Å²) in [6.07, 6.45) is 2.40. The Morgan fingerprint density at radius 3 is 2.67 bits per heavy atom. The number of hydrogen-bond donors (Lipinski definition) is 1. The summed E-state index contributed by atoms with van der Waals surface area (Å²) in [5.74, 6) is 0.274. The summed E-state index contributed by atoms with van der Waals surface area (Å²) >= 11 is 0. The first-order valence-electron chi connectivity index (χ1n) is 7.24. The number of halogens is 1. The van der Waals surface area contributed by atoms with Crippen LogP contribution in [0.5, 0.6) is 11.6 Å². The van der Waals surface area contributed by atoms with Crippen molar-refractivity contribution in [3.05, 3.63) is 53.5 Å². The molecule has 2 rings (SSSR count). The normalized spacial score (nSPS) is 10.9. The fraction of sp³-hybridized carbons (Fsp3) is 0.353. The Balaban J connectivity index is 2.22. The largest absolute Gasteiger partial charge is 0.436 e. The average molecular weight is 288 g/mol. The van der Waals surface area contributed by atoms with Crippen LogP contribution >= 0.6 is 0 Å². The van der Waals surface area contributed by atoms with Crippen molar-refractivity contribution in [1.29, 1.82) is 0 Å². The molecular formula is C17H21FN2O. The third kappa shape index (κ3) is 4.02. The smallest absolute Gasteiger partial charge is 0.256 e. The van der Waals surface area contributed by atoms with Gasteiger partial charge in [-0.25, -0.2) is 9.37 Å². The molecule has 0 saturated carbocycles. The summed E-state index contributed by atoms with van der Waals surface area (Å²) in [6.45, 7) is 6.54. The second kappa shape index (κ2) is 7.18. The third-order valence-electron chi connectivity index (χ3n) is 3.20. The van der Waals surface area contributed by atoms with Crippen LogP contribution in [0.4, 0.5) is 4.39 Å². The highest BCUT2D eigenvalue weighted by Crippen LogP contribution is 2.27. The van der Waals surface area contributed by atoms with Gasteiger partial charge in [0.2, 0.25) is 0 Å². The zero-order chi connectivity index (χ0) is 15.2. The molecule has 0 spiro atoms. The van der Waals surface area contributed by atoms with Gasteiger partial charge in [-0.2, -0.15) is 0 Å². The zero-order valence-electron chi connectivity index (χ0n) is 12.7. The molecule has 0 radical (unpaired) electrons. The van der Waals surface area contributed by atoms with E-state index in [1.165, 1.54) is 0 Å². The molecule has 3 nitrogen and oxygen atoms in total. The van der Waals surface area contributed by atoms with Gasteiger partial charge in [-0.15, -0.1) is 0 Å². The molecule has 1 aromatic heterocycles. The fourth-order valence-electron chi connectivity index (χ4n) is 1.98. The molecule has 0 aliphatic rings. The number of nitrogens with zero attached hydrogens (tertiary/aromatic N) is 1. The van der Waals surface area contributed by atoms with Gasteiger partial charge in [-0.1, -0.05) is 39.0 Å². The molecule has 0 atom stereocenters. The van der Waals surface area contributed by atoms with Crippen molar-refractivity contribution in [3.8, 4) is 11.6 Å². The van der Waals surface area contributed by atoms with E-state index >= 15 is 0 Å². The highest BCUT2D eigenvalue weighted by atomic mass is 19.1. The van der Waals surface area contributed by atoms with E-state index in [-0.39, 0.29) is 5.88 Å². The van der Waals surface area contributed by atoms with E-state index in [1.807, 2.05) is 45.0 Å². The van der Waals surface area contributed by atoms with Crippen molar-refractivity contribution in [2.45, 2.75) is 39.8 Å². The lowest BCUT2D eigenvalue weighted by molar-refractivity contribution is 0.413. The highest BCUT2D eigenvalue weighted by molar-refractivity contribution is 5.37. The van der Waals surface area contributed by atoms with E-state index in [4.69, 9.17) is 4.74 Å². The summed E-state index contributed by atoms with van der Waals surface area (Å²) in [6, 6.07) is 9.58. The molecule has 4 heteroatoms. The quantitative estimate of drug-likeness (QED) is 0.870. The monoisotopic (exact) mass is 288 g/mol. The first kappa shape index (κ1) is 15.4. The molecule has 0 aliphatic heterocycles. The number of aromatic nitrogens is 1. The fourth-order valence-corrected chi connectivity index (χ4v) is 1.98. The molecule has 0 fully saturated rings. The first-order chi connectivity index (χ1) is 10.1. The lowest BCUT2D eigenvalue weighted by Gasteiger charge is -2.12. The maximum atomic E-state index is 14.4. The second-order valence-corrected chi connectivity index (χ2v) is 5.19. The summed E-state index contributed by atoms with van der Waals surface area (Å²) < 4.78 is 20.1. The minimum Gasteiger partial charge on any atom is -0.436 e. The van der Waals surface area contributed by atoms with Crippen LogP contribution in [-0.4, -0.2) is 11.0 Å².